The number of carbonyl (C=O) groups is 1. The smallest absolute Gasteiger partial charge is 0.260 e. The number of halogens is 2. The van der Waals surface area contributed by atoms with E-state index in [0.717, 1.165) is 10.6 Å². The highest BCUT2D eigenvalue weighted by molar-refractivity contribution is 7.92. The summed E-state index contributed by atoms with van der Waals surface area (Å²) < 4.78 is 24.6. The summed E-state index contributed by atoms with van der Waals surface area (Å²) in [5, 5.41) is 4.21. The van der Waals surface area contributed by atoms with E-state index in [2.05, 4.69) is 10.5 Å². The van der Waals surface area contributed by atoms with Gasteiger partial charge in [-0.15, -0.1) is 0 Å². The molecule has 1 aromatic carbocycles. The lowest BCUT2D eigenvalue weighted by Gasteiger charge is -2.22. The molecule has 0 bridgehead atoms. The molecule has 0 saturated heterocycles. The first-order valence-electron chi connectivity index (χ1n) is 5.83. The van der Waals surface area contributed by atoms with Crippen molar-refractivity contribution >= 4 is 50.5 Å². The molecule has 0 heterocycles. The number of nitrogens with one attached hydrogen (secondary N) is 1. The molecule has 0 saturated carbocycles. The van der Waals surface area contributed by atoms with Gasteiger partial charge in [0, 0.05) is 10.7 Å². The second-order valence-electron chi connectivity index (χ2n) is 4.46. The van der Waals surface area contributed by atoms with Crippen molar-refractivity contribution < 1.29 is 13.2 Å². The van der Waals surface area contributed by atoms with Crippen LogP contribution in [0.15, 0.2) is 23.3 Å². The maximum absolute atomic E-state index is 11.9. The number of hydrogen-bond donors (Lipinski definition) is 1. The fraction of sp³-hybridized carbons (Fsp3) is 0.333. The van der Waals surface area contributed by atoms with Crippen molar-refractivity contribution in [3.05, 3.63) is 28.2 Å². The average molecular weight is 352 g/mol. The Balaban J connectivity index is 3.11. The van der Waals surface area contributed by atoms with Crippen LogP contribution in [0.2, 0.25) is 10.0 Å². The van der Waals surface area contributed by atoms with Crippen LogP contribution in [0, 0.1) is 0 Å². The minimum absolute atomic E-state index is 0.138. The maximum atomic E-state index is 11.9. The summed E-state index contributed by atoms with van der Waals surface area (Å²) in [6, 6.07) is 4.37. The van der Waals surface area contributed by atoms with Crippen LogP contribution in [-0.2, 0) is 14.8 Å². The summed E-state index contributed by atoms with van der Waals surface area (Å²) in [5.41, 5.74) is 3.03. The Bertz CT molecular complexity index is 670. The molecule has 0 fully saturated rings. The van der Waals surface area contributed by atoms with E-state index in [1.54, 1.807) is 13.8 Å². The van der Waals surface area contributed by atoms with Gasteiger partial charge in [0.25, 0.3) is 5.91 Å². The van der Waals surface area contributed by atoms with Crippen molar-refractivity contribution in [3.8, 4) is 0 Å². The van der Waals surface area contributed by atoms with Crippen LogP contribution in [0.4, 0.5) is 5.69 Å². The summed E-state index contributed by atoms with van der Waals surface area (Å²) >= 11 is 11.8. The zero-order chi connectivity index (χ0) is 16.2. The number of sulfonamides is 1. The second kappa shape index (κ2) is 7.11. The standard InChI is InChI=1S/C12H15Cl2N3O3S/c1-8(2)15-16-12(18)7-17(21(3,19)20)11-6-9(13)4-5-10(11)14/h4-6H,7H2,1-3H3,(H,16,18). The van der Waals surface area contributed by atoms with E-state index in [1.807, 2.05) is 0 Å². The van der Waals surface area contributed by atoms with Crippen LogP contribution in [0.3, 0.4) is 0 Å². The summed E-state index contributed by atoms with van der Waals surface area (Å²) in [5.74, 6) is -0.585. The number of carbonyl (C=O) groups excluding carboxylic acids is 1. The van der Waals surface area contributed by atoms with E-state index in [4.69, 9.17) is 23.2 Å². The van der Waals surface area contributed by atoms with Crippen LogP contribution in [-0.4, -0.2) is 32.8 Å². The van der Waals surface area contributed by atoms with E-state index >= 15 is 0 Å². The van der Waals surface area contributed by atoms with Gasteiger partial charge in [0.15, 0.2) is 0 Å². The fourth-order valence-electron chi connectivity index (χ4n) is 1.40. The van der Waals surface area contributed by atoms with E-state index in [-0.39, 0.29) is 10.7 Å². The third-order valence-electron chi connectivity index (χ3n) is 2.27. The zero-order valence-corrected chi connectivity index (χ0v) is 14.1. The third kappa shape index (κ3) is 5.53. The topological polar surface area (TPSA) is 78.8 Å². The van der Waals surface area contributed by atoms with Gasteiger partial charge < -0.3 is 0 Å². The number of rotatable bonds is 5. The van der Waals surface area contributed by atoms with Crippen LogP contribution < -0.4 is 9.73 Å². The number of benzene rings is 1. The summed E-state index contributed by atoms with van der Waals surface area (Å²) in [7, 11) is -3.71. The monoisotopic (exact) mass is 351 g/mol. The molecule has 0 atom stereocenters. The lowest BCUT2D eigenvalue weighted by Crippen LogP contribution is -2.39. The number of hydrogen-bond acceptors (Lipinski definition) is 4. The van der Waals surface area contributed by atoms with Gasteiger partial charge in [-0.1, -0.05) is 23.2 Å². The van der Waals surface area contributed by atoms with E-state index in [0.29, 0.717) is 10.7 Å². The van der Waals surface area contributed by atoms with Crippen molar-refractivity contribution in [2.24, 2.45) is 5.10 Å². The van der Waals surface area contributed by atoms with E-state index in [1.165, 1.54) is 18.2 Å². The molecule has 1 amide bonds. The maximum Gasteiger partial charge on any atom is 0.260 e. The van der Waals surface area contributed by atoms with Crippen LogP contribution in [0.25, 0.3) is 0 Å². The normalized spacial score (nSPS) is 10.9. The number of amides is 1. The molecule has 21 heavy (non-hydrogen) atoms. The predicted octanol–water partition coefficient (Wildman–Crippen LogP) is 2.27. The minimum Gasteiger partial charge on any atom is -0.271 e. The number of nitrogens with zero attached hydrogens (tertiary/aromatic N) is 2. The molecule has 9 heteroatoms. The molecule has 1 rings (SSSR count). The summed E-state index contributed by atoms with van der Waals surface area (Å²) in [4.78, 5) is 11.8. The highest BCUT2D eigenvalue weighted by atomic mass is 35.5. The van der Waals surface area contributed by atoms with Crippen molar-refractivity contribution in [3.63, 3.8) is 0 Å². The molecule has 0 spiro atoms. The molecule has 0 aliphatic heterocycles. The molecule has 0 aromatic heterocycles. The molecule has 0 unspecified atom stereocenters. The van der Waals surface area contributed by atoms with E-state index < -0.39 is 22.5 Å². The van der Waals surface area contributed by atoms with E-state index in [9.17, 15) is 13.2 Å². The van der Waals surface area contributed by atoms with Gasteiger partial charge in [-0.05, 0) is 32.0 Å². The van der Waals surface area contributed by atoms with Crippen molar-refractivity contribution in [1.82, 2.24) is 5.43 Å². The molecule has 0 aliphatic carbocycles. The van der Waals surface area contributed by atoms with Crippen LogP contribution in [0.5, 0.6) is 0 Å². The van der Waals surface area contributed by atoms with Crippen molar-refractivity contribution in [2.45, 2.75) is 13.8 Å². The number of anilines is 1. The Labute approximate surface area is 133 Å². The van der Waals surface area contributed by atoms with Gasteiger partial charge in [0.2, 0.25) is 10.0 Å². The second-order valence-corrected chi connectivity index (χ2v) is 7.21. The molecule has 1 aromatic rings. The van der Waals surface area contributed by atoms with Crippen molar-refractivity contribution in [1.29, 1.82) is 0 Å². The Morgan fingerprint density at radius 1 is 1.33 bits per heavy atom. The highest BCUT2D eigenvalue weighted by Crippen LogP contribution is 2.30. The minimum atomic E-state index is -3.71. The Morgan fingerprint density at radius 2 is 1.95 bits per heavy atom. The van der Waals surface area contributed by atoms with Gasteiger partial charge in [-0.25, -0.2) is 13.8 Å². The lowest BCUT2D eigenvalue weighted by atomic mass is 10.3. The zero-order valence-electron chi connectivity index (χ0n) is 11.7. The average Bonchev–Trinajstić information content (AvgIpc) is 2.35. The highest BCUT2D eigenvalue weighted by Gasteiger charge is 2.23. The van der Waals surface area contributed by atoms with Gasteiger partial charge >= 0.3 is 0 Å². The molecule has 6 nitrogen and oxygen atoms in total. The van der Waals surface area contributed by atoms with Gasteiger partial charge in [-0.2, -0.15) is 5.10 Å². The molecule has 116 valence electrons. The molecule has 0 aliphatic rings. The summed E-state index contributed by atoms with van der Waals surface area (Å²) in [6.07, 6.45) is 0.978. The Kier molecular flexibility index (Phi) is 6.00. The molecular formula is C12H15Cl2N3O3S. The Hall–Kier alpha value is -1.31. The summed E-state index contributed by atoms with van der Waals surface area (Å²) in [6.45, 7) is 2.95. The predicted molar refractivity (Wildman–Crippen MR) is 85.6 cm³/mol. The SMILES string of the molecule is CC(C)=NNC(=O)CN(c1cc(Cl)ccc1Cl)S(C)(=O)=O. The van der Waals surface area contributed by atoms with Gasteiger partial charge in [-0.3, -0.25) is 9.10 Å². The molecule has 0 radical (unpaired) electrons. The lowest BCUT2D eigenvalue weighted by molar-refractivity contribution is -0.119. The fourth-order valence-corrected chi connectivity index (χ4v) is 2.69. The largest absolute Gasteiger partial charge is 0.271 e. The van der Waals surface area contributed by atoms with Crippen LogP contribution >= 0.6 is 23.2 Å². The first-order chi connectivity index (χ1) is 9.61. The first-order valence-corrected chi connectivity index (χ1v) is 8.44. The molecular weight excluding hydrogens is 337 g/mol. The molecule has 1 N–H and O–H groups in total. The number of hydrazone groups is 1. The van der Waals surface area contributed by atoms with Gasteiger partial charge in [0.05, 0.1) is 17.0 Å². The third-order valence-corrected chi connectivity index (χ3v) is 3.95. The van der Waals surface area contributed by atoms with Crippen molar-refractivity contribution in [2.75, 3.05) is 17.1 Å². The first kappa shape index (κ1) is 17.7. The Morgan fingerprint density at radius 3 is 2.48 bits per heavy atom. The van der Waals surface area contributed by atoms with Crippen LogP contribution in [0.1, 0.15) is 13.8 Å². The van der Waals surface area contributed by atoms with Gasteiger partial charge in [0.1, 0.15) is 6.54 Å². The quantitative estimate of drug-likeness (QED) is 0.652.